The van der Waals surface area contributed by atoms with Gasteiger partial charge in [0, 0.05) is 63.3 Å². The number of hydrogen-bond donors (Lipinski definition) is 0. The van der Waals surface area contributed by atoms with Crippen LogP contribution in [0, 0.1) is 5.82 Å². The molecule has 0 atom stereocenters. The van der Waals surface area contributed by atoms with Crippen LogP contribution < -0.4 is 19.4 Å². The predicted molar refractivity (Wildman–Crippen MR) is 123 cm³/mol. The highest BCUT2D eigenvalue weighted by molar-refractivity contribution is 5.92. The van der Waals surface area contributed by atoms with Gasteiger partial charge in [0.2, 0.25) is 0 Å². The van der Waals surface area contributed by atoms with E-state index in [1.165, 1.54) is 25.0 Å². The van der Waals surface area contributed by atoms with E-state index in [0.717, 1.165) is 60.1 Å². The summed E-state index contributed by atoms with van der Waals surface area (Å²) in [6.45, 7) is 3.31. The zero-order valence-corrected chi connectivity index (χ0v) is 18.3. The molecule has 2 aliphatic rings. The molecule has 0 bridgehead atoms. The number of rotatable bonds is 5. The molecule has 0 amide bonds. The number of nitrogens with zero attached hydrogens (tertiary/aromatic N) is 5. The highest BCUT2D eigenvalue weighted by Gasteiger charge is 2.29. The summed E-state index contributed by atoms with van der Waals surface area (Å²) in [7, 11) is 5.69. The number of benzene rings is 2. The second-order valence-corrected chi connectivity index (χ2v) is 8.57. The minimum Gasteiger partial charge on any atom is -0.494 e. The molecule has 3 aromatic rings. The fourth-order valence-corrected chi connectivity index (χ4v) is 4.23. The standard InChI is InChI=1S/C24H28FN5O/c1-28(2)18-7-8-20-19(15-18)24(27-23(26-20)16-4-5-16)30-12-10-29(11-13-30)21-9-6-17(25)14-22(21)31-3/h6-9,14-16H,4-5,10-13H2,1-3H3. The fourth-order valence-electron chi connectivity index (χ4n) is 4.23. The first-order valence-corrected chi connectivity index (χ1v) is 10.9. The van der Waals surface area contributed by atoms with Crippen LogP contribution >= 0.6 is 0 Å². The van der Waals surface area contributed by atoms with Crippen molar-refractivity contribution in [3.8, 4) is 5.75 Å². The Labute approximate surface area is 182 Å². The smallest absolute Gasteiger partial charge is 0.145 e. The molecule has 2 fully saturated rings. The summed E-state index contributed by atoms with van der Waals surface area (Å²) < 4.78 is 19.0. The number of hydrogen-bond acceptors (Lipinski definition) is 6. The molecule has 162 valence electrons. The molecule has 1 saturated carbocycles. The number of piperazine rings is 1. The average molecular weight is 422 g/mol. The van der Waals surface area contributed by atoms with Crippen molar-refractivity contribution in [3.63, 3.8) is 0 Å². The Morgan fingerprint density at radius 1 is 0.968 bits per heavy atom. The maximum Gasteiger partial charge on any atom is 0.145 e. The Bertz CT molecular complexity index is 1110. The normalized spacial score (nSPS) is 16.6. The second kappa shape index (κ2) is 7.87. The molecule has 31 heavy (non-hydrogen) atoms. The molecule has 1 aromatic heterocycles. The molecule has 0 spiro atoms. The molecule has 6 nitrogen and oxygen atoms in total. The van der Waals surface area contributed by atoms with Crippen molar-refractivity contribution < 1.29 is 9.13 Å². The van der Waals surface area contributed by atoms with Crippen LogP contribution in [0.25, 0.3) is 10.9 Å². The largest absolute Gasteiger partial charge is 0.494 e. The first-order valence-electron chi connectivity index (χ1n) is 10.9. The van der Waals surface area contributed by atoms with Gasteiger partial charge in [0.1, 0.15) is 23.2 Å². The minimum absolute atomic E-state index is 0.281. The van der Waals surface area contributed by atoms with Crippen LogP contribution in [-0.4, -0.2) is 57.4 Å². The van der Waals surface area contributed by atoms with Gasteiger partial charge in [-0.15, -0.1) is 0 Å². The van der Waals surface area contributed by atoms with E-state index >= 15 is 0 Å². The van der Waals surface area contributed by atoms with Gasteiger partial charge < -0.3 is 19.4 Å². The Hall–Kier alpha value is -3.09. The SMILES string of the molecule is COc1cc(F)ccc1N1CCN(c2nc(C3CC3)nc3ccc(N(C)C)cc23)CC1. The number of anilines is 3. The molecule has 1 saturated heterocycles. The van der Waals surface area contributed by atoms with E-state index in [0.29, 0.717) is 11.7 Å². The molecule has 2 aromatic carbocycles. The summed E-state index contributed by atoms with van der Waals surface area (Å²) in [4.78, 5) is 16.6. The molecule has 1 aliphatic heterocycles. The molecule has 1 aliphatic carbocycles. The van der Waals surface area contributed by atoms with E-state index in [1.807, 2.05) is 0 Å². The van der Waals surface area contributed by atoms with Crippen molar-refractivity contribution in [3.05, 3.63) is 48.0 Å². The summed E-state index contributed by atoms with van der Waals surface area (Å²) in [6, 6.07) is 11.2. The van der Waals surface area contributed by atoms with Crippen LogP contribution in [0.1, 0.15) is 24.6 Å². The third-order valence-electron chi connectivity index (χ3n) is 6.20. The number of methoxy groups -OCH3 is 1. The molecule has 5 rings (SSSR count). The van der Waals surface area contributed by atoms with Gasteiger partial charge in [-0.3, -0.25) is 0 Å². The molecular weight excluding hydrogens is 393 g/mol. The Balaban J connectivity index is 1.45. The third kappa shape index (κ3) is 3.84. The summed E-state index contributed by atoms with van der Waals surface area (Å²) in [5.41, 5.74) is 3.09. The molecule has 7 heteroatoms. The zero-order chi connectivity index (χ0) is 21.5. The van der Waals surface area contributed by atoms with Gasteiger partial charge in [-0.2, -0.15) is 0 Å². The molecule has 0 radical (unpaired) electrons. The van der Waals surface area contributed by atoms with Crippen LogP contribution in [0.5, 0.6) is 5.75 Å². The van der Waals surface area contributed by atoms with Crippen LogP contribution in [0.4, 0.5) is 21.6 Å². The number of halogens is 1. The van der Waals surface area contributed by atoms with Crippen molar-refractivity contribution in [2.75, 3.05) is 62.1 Å². The average Bonchev–Trinajstić information content (AvgIpc) is 3.63. The highest BCUT2D eigenvalue weighted by atomic mass is 19.1. The first-order chi connectivity index (χ1) is 15.0. The van der Waals surface area contributed by atoms with E-state index in [4.69, 9.17) is 14.7 Å². The van der Waals surface area contributed by atoms with E-state index in [9.17, 15) is 4.39 Å². The lowest BCUT2D eigenvalue weighted by molar-refractivity contribution is 0.410. The molecule has 0 N–H and O–H groups in total. The van der Waals surface area contributed by atoms with Gasteiger partial charge in [0.05, 0.1) is 18.3 Å². The number of ether oxygens (including phenoxy) is 1. The van der Waals surface area contributed by atoms with Gasteiger partial charge in [0.15, 0.2) is 0 Å². The summed E-state index contributed by atoms with van der Waals surface area (Å²) >= 11 is 0. The lowest BCUT2D eigenvalue weighted by atomic mass is 10.1. The van der Waals surface area contributed by atoms with E-state index in [-0.39, 0.29) is 5.82 Å². The van der Waals surface area contributed by atoms with Crippen molar-refractivity contribution in [1.82, 2.24) is 9.97 Å². The summed E-state index contributed by atoms with van der Waals surface area (Å²) in [6.07, 6.45) is 2.36. The van der Waals surface area contributed by atoms with Crippen LogP contribution in [-0.2, 0) is 0 Å². The lowest BCUT2D eigenvalue weighted by Gasteiger charge is -2.37. The van der Waals surface area contributed by atoms with Crippen molar-refractivity contribution in [2.45, 2.75) is 18.8 Å². The molecule has 2 heterocycles. The van der Waals surface area contributed by atoms with Crippen molar-refractivity contribution in [1.29, 1.82) is 0 Å². The van der Waals surface area contributed by atoms with E-state index in [1.54, 1.807) is 13.2 Å². The van der Waals surface area contributed by atoms with Gasteiger partial charge in [0.25, 0.3) is 0 Å². The fraction of sp³-hybridized carbons (Fsp3) is 0.417. The second-order valence-electron chi connectivity index (χ2n) is 8.57. The highest BCUT2D eigenvalue weighted by Crippen LogP contribution is 2.40. The maximum absolute atomic E-state index is 13.6. The van der Waals surface area contributed by atoms with Crippen LogP contribution in [0.3, 0.4) is 0 Å². The molecule has 0 unspecified atom stereocenters. The minimum atomic E-state index is -0.281. The van der Waals surface area contributed by atoms with Crippen LogP contribution in [0.2, 0.25) is 0 Å². The van der Waals surface area contributed by atoms with Gasteiger partial charge in [-0.1, -0.05) is 0 Å². The van der Waals surface area contributed by atoms with E-state index in [2.05, 4.69) is 47.0 Å². The Morgan fingerprint density at radius 2 is 1.71 bits per heavy atom. The predicted octanol–water partition coefficient (Wildman–Crippen LogP) is 4.05. The van der Waals surface area contributed by atoms with Crippen LogP contribution in [0.15, 0.2) is 36.4 Å². The van der Waals surface area contributed by atoms with Gasteiger partial charge >= 0.3 is 0 Å². The summed E-state index contributed by atoms with van der Waals surface area (Å²) in [5, 5.41) is 1.10. The maximum atomic E-state index is 13.6. The van der Waals surface area contributed by atoms with Crippen molar-refractivity contribution in [2.24, 2.45) is 0 Å². The monoisotopic (exact) mass is 421 g/mol. The topological polar surface area (TPSA) is 44.7 Å². The van der Waals surface area contributed by atoms with Gasteiger partial charge in [-0.05, 0) is 43.2 Å². The zero-order valence-electron chi connectivity index (χ0n) is 18.3. The van der Waals surface area contributed by atoms with Crippen molar-refractivity contribution >= 4 is 28.1 Å². The lowest BCUT2D eigenvalue weighted by Crippen LogP contribution is -2.47. The Morgan fingerprint density at radius 3 is 2.39 bits per heavy atom. The van der Waals surface area contributed by atoms with E-state index < -0.39 is 0 Å². The Kier molecular flexibility index (Phi) is 5.04. The third-order valence-corrected chi connectivity index (χ3v) is 6.20. The quantitative estimate of drug-likeness (QED) is 0.619. The molecular formula is C24H28FN5O. The first kappa shape index (κ1) is 19.8. The summed E-state index contributed by atoms with van der Waals surface area (Å²) in [5.74, 6) is 2.80. The van der Waals surface area contributed by atoms with Gasteiger partial charge in [-0.25, -0.2) is 14.4 Å². The number of aromatic nitrogens is 2. The number of fused-ring (bicyclic) bond motifs is 1.